The molecule has 5 heteroatoms. The third-order valence-corrected chi connectivity index (χ3v) is 2.70. The molecule has 1 atom stereocenters. The average Bonchev–Trinajstić information content (AvgIpc) is 2.07. The Labute approximate surface area is 86.9 Å². The Kier molecular flexibility index (Phi) is 7.13. The molecule has 0 aliphatic heterocycles. The minimum absolute atomic E-state index is 0.0898. The largest absolute Gasteiger partial charge is 0.380 e. The maximum Gasteiger partial charge on any atom is 0.211 e. The molecule has 0 fully saturated rings. The van der Waals surface area contributed by atoms with Crippen LogP contribution in [0.1, 0.15) is 33.1 Å². The molecule has 1 unspecified atom stereocenters. The molecule has 0 bridgehead atoms. The summed E-state index contributed by atoms with van der Waals surface area (Å²) < 4.78 is 26.3. The third kappa shape index (κ3) is 9.95. The molecule has 0 saturated heterocycles. The van der Waals surface area contributed by atoms with Crippen LogP contribution in [-0.2, 0) is 14.8 Å². The molecule has 0 aliphatic carbocycles. The number of nitrogens with two attached hydrogens (primary N) is 1. The van der Waals surface area contributed by atoms with Gasteiger partial charge in [0.2, 0.25) is 10.0 Å². The summed E-state index contributed by atoms with van der Waals surface area (Å²) in [6, 6.07) is 0. The minimum Gasteiger partial charge on any atom is -0.380 e. The summed E-state index contributed by atoms with van der Waals surface area (Å²) in [5, 5.41) is 4.82. The number of hydrogen-bond donors (Lipinski definition) is 1. The molecule has 0 spiro atoms. The van der Waals surface area contributed by atoms with Crippen molar-refractivity contribution >= 4 is 10.0 Å². The van der Waals surface area contributed by atoms with E-state index in [4.69, 9.17) is 9.88 Å². The summed E-state index contributed by atoms with van der Waals surface area (Å²) in [6.45, 7) is 5.08. The molecule has 0 saturated carbocycles. The molecule has 0 aromatic carbocycles. The van der Waals surface area contributed by atoms with Gasteiger partial charge in [-0.2, -0.15) is 0 Å². The van der Waals surface area contributed by atoms with Gasteiger partial charge in [0.15, 0.2) is 0 Å². The summed E-state index contributed by atoms with van der Waals surface area (Å²) in [7, 11) is -3.36. The fraction of sp³-hybridized carbons (Fsp3) is 1.00. The molecule has 0 heterocycles. The van der Waals surface area contributed by atoms with E-state index in [1.807, 2.05) is 0 Å². The zero-order valence-corrected chi connectivity index (χ0v) is 9.85. The lowest BCUT2D eigenvalue weighted by molar-refractivity contribution is 0.113. The maximum absolute atomic E-state index is 10.5. The fourth-order valence-electron chi connectivity index (χ4n) is 1.10. The Bertz CT molecular complexity index is 226. The van der Waals surface area contributed by atoms with E-state index < -0.39 is 10.0 Å². The first-order chi connectivity index (χ1) is 6.45. The number of sulfonamides is 1. The van der Waals surface area contributed by atoms with Gasteiger partial charge in [-0.1, -0.05) is 26.7 Å². The third-order valence-electron chi connectivity index (χ3n) is 1.97. The summed E-state index contributed by atoms with van der Waals surface area (Å²) in [5.41, 5.74) is 0. The van der Waals surface area contributed by atoms with Crippen LogP contribution in [0.2, 0.25) is 0 Å². The van der Waals surface area contributed by atoms with Crippen LogP contribution in [0.3, 0.4) is 0 Å². The summed E-state index contributed by atoms with van der Waals surface area (Å²) >= 11 is 0. The molecule has 0 aromatic rings. The van der Waals surface area contributed by atoms with Crippen LogP contribution < -0.4 is 5.14 Å². The van der Waals surface area contributed by atoms with Crippen molar-refractivity contribution in [1.29, 1.82) is 0 Å². The van der Waals surface area contributed by atoms with Crippen molar-refractivity contribution < 1.29 is 13.2 Å². The van der Waals surface area contributed by atoms with Gasteiger partial charge in [-0.25, -0.2) is 13.6 Å². The van der Waals surface area contributed by atoms with E-state index in [1.54, 1.807) is 0 Å². The topological polar surface area (TPSA) is 69.4 Å². The van der Waals surface area contributed by atoms with Gasteiger partial charge in [0.05, 0.1) is 12.4 Å². The van der Waals surface area contributed by atoms with E-state index in [-0.39, 0.29) is 12.4 Å². The number of primary sulfonamides is 1. The predicted octanol–water partition coefficient (Wildman–Crippen LogP) is 1.12. The van der Waals surface area contributed by atoms with Gasteiger partial charge in [-0.15, -0.1) is 0 Å². The summed E-state index contributed by atoms with van der Waals surface area (Å²) in [4.78, 5) is 0. The van der Waals surface area contributed by atoms with Gasteiger partial charge in [0.1, 0.15) is 0 Å². The molecule has 86 valence electrons. The van der Waals surface area contributed by atoms with Crippen molar-refractivity contribution in [3.8, 4) is 0 Å². The van der Waals surface area contributed by atoms with Gasteiger partial charge in [0, 0.05) is 6.61 Å². The predicted molar refractivity (Wildman–Crippen MR) is 57.5 cm³/mol. The molecular formula is C9H21NO3S. The normalized spacial score (nSPS) is 14.2. The summed E-state index contributed by atoms with van der Waals surface area (Å²) in [6.07, 6.45) is 3.51. The van der Waals surface area contributed by atoms with E-state index in [1.165, 1.54) is 12.8 Å². The molecule has 0 aromatic heterocycles. The lowest BCUT2D eigenvalue weighted by atomic mass is 10.1. The first-order valence-electron chi connectivity index (χ1n) is 5.04. The van der Waals surface area contributed by atoms with E-state index in [0.717, 1.165) is 6.42 Å². The van der Waals surface area contributed by atoms with Crippen molar-refractivity contribution in [3.05, 3.63) is 0 Å². The molecular weight excluding hydrogens is 202 g/mol. The van der Waals surface area contributed by atoms with E-state index in [2.05, 4.69) is 13.8 Å². The summed E-state index contributed by atoms with van der Waals surface area (Å²) in [5.74, 6) is 0.406. The fourth-order valence-corrected chi connectivity index (χ4v) is 1.45. The highest BCUT2D eigenvalue weighted by Gasteiger charge is 2.04. The zero-order valence-electron chi connectivity index (χ0n) is 9.03. The van der Waals surface area contributed by atoms with Crippen molar-refractivity contribution in [2.24, 2.45) is 11.1 Å². The lowest BCUT2D eigenvalue weighted by Gasteiger charge is -2.10. The average molecular weight is 223 g/mol. The SMILES string of the molecule is CCCCC(C)COCCS(N)(=O)=O. The standard InChI is InChI=1S/C9H21NO3S/c1-3-4-5-9(2)8-13-6-7-14(10,11)12/h9H,3-8H2,1-2H3,(H2,10,11,12). The molecule has 0 radical (unpaired) electrons. The van der Waals surface area contributed by atoms with Crippen LogP contribution in [0.25, 0.3) is 0 Å². The highest BCUT2D eigenvalue weighted by molar-refractivity contribution is 7.89. The smallest absolute Gasteiger partial charge is 0.211 e. The second-order valence-corrected chi connectivity index (χ2v) is 5.42. The second kappa shape index (κ2) is 7.20. The highest BCUT2D eigenvalue weighted by Crippen LogP contribution is 2.07. The lowest BCUT2D eigenvalue weighted by Crippen LogP contribution is -2.21. The Balaban J connectivity index is 3.36. The van der Waals surface area contributed by atoms with Gasteiger partial charge in [-0.3, -0.25) is 0 Å². The van der Waals surface area contributed by atoms with Crippen molar-refractivity contribution in [2.45, 2.75) is 33.1 Å². The van der Waals surface area contributed by atoms with Crippen molar-refractivity contribution in [2.75, 3.05) is 19.0 Å². The molecule has 0 amide bonds. The van der Waals surface area contributed by atoms with Crippen LogP contribution >= 0.6 is 0 Å². The number of hydrogen-bond acceptors (Lipinski definition) is 3. The maximum atomic E-state index is 10.5. The van der Waals surface area contributed by atoms with Crippen LogP contribution in [0.4, 0.5) is 0 Å². The van der Waals surface area contributed by atoms with Gasteiger partial charge in [0.25, 0.3) is 0 Å². The molecule has 4 nitrogen and oxygen atoms in total. The second-order valence-electron chi connectivity index (χ2n) is 3.69. The Hall–Kier alpha value is -0.130. The van der Waals surface area contributed by atoms with Crippen LogP contribution in [0.15, 0.2) is 0 Å². The molecule has 0 rings (SSSR count). The Morgan fingerprint density at radius 1 is 1.43 bits per heavy atom. The quantitative estimate of drug-likeness (QED) is 0.627. The zero-order chi connectivity index (χ0) is 11.0. The van der Waals surface area contributed by atoms with Gasteiger partial charge in [-0.05, 0) is 12.3 Å². The van der Waals surface area contributed by atoms with Crippen molar-refractivity contribution in [1.82, 2.24) is 0 Å². The monoisotopic (exact) mass is 223 g/mol. The van der Waals surface area contributed by atoms with Crippen LogP contribution in [0.5, 0.6) is 0 Å². The van der Waals surface area contributed by atoms with E-state index in [9.17, 15) is 8.42 Å². The molecule has 0 aliphatic rings. The van der Waals surface area contributed by atoms with Crippen LogP contribution in [0, 0.1) is 5.92 Å². The van der Waals surface area contributed by atoms with E-state index >= 15 is 0 Å². The molecule has 14 heavy (non-hydrogen) atoms. The highest BCUT2D eigenvalue weighted by atomic mass is 32.2. The van der Waals surface area contributed by atoms with Gasteiger partial charge >= 0.3 is 0 Å². The number of unbranched alkanes of at least 4 members (excludes halogenated alkanes) is 1. The van der Waals surface area contributed by atoms with Gasteiger partial charge < -0.3 is 4.74 Å². The minimum atomic E-state index is -3.36. The Morgan fingerprint density at radius 3 is 2.57 bits per heavy atom. The number of rotatable bonds is 8. The first-order valence-corrected chi connectivity index (χ1v) is 6.75. The van der Waals surface area contributed by atoms with Crippen molar-refractivity contribution in [3.63, 3.8) is 0 Å². The number of ether oxygens (including phenoxy) is 1. The van der Waals surface area contributed by atoms with E-state index in [0.29, 0.717) is 12.5 Å². The van der Waals surface area contributed by atoms with Crippen LogP contribution in [-0.4, -0.2) is 27.4 Å². The molecule has 2 N–H and O–H groups in total. The Morgan fingerprint density at radius 2 is 2.07 bits per heavy atom. The first kappa shape index (κ1) is 13.9.